The summed E-state index contributed by atoms with van der Waals surface area (Å²) in [5.74, 6) is 0. The van der Waals surface area contributed by atoms with E-state index in [0.717, 1.165) is 25.9 Å². The van der Waals surface area contributed by atoms with Crippen LogP contribution < -0.4 is 5.73 Å². The van der Waals surface area contributed by atoms with Crippen LogP contribution in [0.4, 0.5) is 0 Å². The van der Waals surface area contributed by atoms with E-state index in [2.05, 4.69) is 42.0 Å². The van der Waals surface area contributed by atoms with Crippen molar-refractivity contribution >= 4 is 10.9 Å². The summed E-state index contributed by atoms with van der Waals surface area (Å²) in [6.07, 6.45) is 6.90. The molecular formula is C15H22N2. The zero-order valence-corrected chi connectivity index (χ0v) is 10.7. The first-order valence-electron chi connectivity index (χ1n) is 6.63. The highest BCUT2D eigenvalue weighted by atomic mass is 14.9. The lowest BCUT2D eigenvalue weighted by Gasteiger charge is -2.08. The van der Waals surface area contributed by atoms with Gasteiger partial charge < -0.3 is 10.3 Å². The molecule has 0 amide bonds. The molecule has 1 heterocycles. The molecule has 0 atom stereocenters. The normalized spacial score (nSPS) is 11.2. The summed E-state index contributed by atoms with van der Waals surface area (Å²) < 4.78 is 2.39. The maximum atomic E-state index is 5.52. The van der Waals surface area contributed by atoms with E-state index in [-0.39, 0.29) is 0 Å². The Morgan fingerprint density at radius 2 is 2.00 bits per heavy atom. The minimum absolute atomic E-state index is 0.812. The van der Waals surface area contributed by atoms with Gasteiger partial charge in [-0.15, -0.1) is 0 Å². The average molecular weight is 230 g/mol. The molecule has 92 valence electrons. The number of hydrogen-bond acceptors (Lipinski definition) is 1. The quantitative estimate of drug-likeness (QED) is 0.758. The van der Waals surface area contributed by atoms with Crippen molar-refractivity contribution in [2.75, 3.05) is 6.54 Å². The Labute approximate surface area is 103 Å². The summed E-state index contributed by atoms with van der Waals surface area (Å²) in [5, 5.41) is 1.36. The number of aromatic nitrogens is 1. The van der Waals surface area contributed by atoms with Gasteiger partial charge in [0.2, 0.25) is 0 Å². The summed E-state index contributed by atoms with van der Waals surface area (Å²) in [5.41, 5.74) is 8.39. The van der Waals surface area contributed by atoms with Crippen molar-refractivity contribution in [2.45, 2.75) is 39.2 Å². The second-order valence-electron chi connectivity index (χ2n) is 4.57. The van der Waals surface area contributed by atoms with Crippen LogP contribution in [0.15, 0.2) is 30.5 Å². The molecule has 0 aliphatic carbocycles. The Balaban J connectivity index is 2.16. The summed E-state index contributed by atoms with van der Waals surface area (Å²) in [6, 6.07) is 8.81. The molecule has 0 saturated carbocycles. The SMILES string of the molecule is CCc1cccc2ccn(CCCCCN)c12. The molecule has 2 heteroatoms. The predicted octanol–water partition coefficient (Wildman–Crippen LogP) is 3.33. The van der Waals surface area contributed by atoms with Crippen molar-refractivity contribution in [1.82, 2.24) is 4.57 Å². The van der Waals surface area contributed by atoms with E-state index < -0.39 is 0 Å². The van der Waals surface area contributed by atoms with Gasteiger partial charge in [0.05, 0.1) is 5.52 Å². The Kier molecular flexibility index (Phi) is 4.21. The van der Waals surface area contributed by atoms with Gasteiger partial charge in [0.1, 0.15) is 0 Å². The van der Waals surface area contributed by atoms with Crippen LogP contribution in [-0.2, 0) is 13.0 Å². The molecule has 0 radical (unpaired) electrons. The van der Waals surface area contributed by atoms with Crippen molar-refractivity contribution in [1.29, 1.82) is 0 Å². The Morgan fingerprint density at radius 3 is 2.76 bits per heavy atom. The Morgan fingerprint density at radius 1 is 1.12 bits per heavy atom. The van der Waals surface area contributed by atoms with Gasteiger partial charge in [-0.3, -0.25) is 0 Å². The van der Waals surface area contributed by atoms with Gasteiger partial charge >= 0.3 is 0 Å². The first-order chi connectivity index (χ1) is 8.36. The number of nitrogens with two attached hydrogens (primary N) is 1. The van der Waals surface area contributed by atoms with Crippen LogP contribution in [0, 0.1) is 0 Å². The fourth-order valence-electron chi connectivity index (χ4n) is 2.42. The molecule has 2 N–H and O–H groups in total. The molecule has 17 heavy (non-hydrogen) atoms. The lowest BCUT2D eigenvalue weighted by atomic mass is 10.1. The third-order valence-corrected chi connectivity index (χ3v) is 3.36. The van der Waals surface area contributed by atoms with Crippen LogP contribution >= 0.6 is 0 Å². The van der Waals surface area contributed by atoms with E-state index in [1.807, 2.05) is 0 Å². The molecule has 0 aliphatic rings. The first kappa shape index (κ1) is 12.2. The molecule has 0 unspecified atom stereocenters. The number of para-hydroxylation sites is 1. The summed E-state index contributed by atoms with van der Waals surface area (Å²) in [6.45, 7) is 4.15. The number of rotatable bonds is 6. The molecule has 0 saturated heterocycles. The van der Waals surface area contributed by atoms with Crippen LogP contribution in [0.5, 0.6) is 0 Å². The third-order valence-electron chi connectivity index (χ3n) is 3.36. The lowest BCUT2D eigenvalue weighted by molar-refractivity contribution is 0.603. The third kappa shape index (κ3) is 2.70. The maximum Gasteiger partial charge on any atom is 0.0512 e. The summed E-state index contributed by atoms with van der Waals surface area (Å²) in [7, 11) is 0. The van der Waals surface area contributed by atoms with Gasteiger partial charge in [0.15, 0.2) is 0 Å². The highest BCUT2D eigenvalue weighted by molar-refractivity contribution is 5.83. The van der Waals surface area contributed by atoms with Crippen molar-refractivity contribution in [3.63, 3.8) is 0 Å². The Hall–Kier alpha value is -1.28. The van der Waals surface area contributed by atoms with Gasteiger partial charge in [0, 0.05) is 12.7 Å². The molecule has 2 aromatic rings. The van der Waals surface area contributed by atoms with Crippen molar-refractivity contribution in [2.24, 2.45) is 5.73 Å². The largest absolute Gasteiger partial charge is 0.347 e. The lowest BCUT2D eigenvalue weighted by Crippen LogP contribution is -2.01. The van der Waals surface area contributed by atoms with E-state index in [1.165, 1.54) is 29.3 Å². The van der Waals surface area contributed by atoms with Crippen molar-refractivity contribution in [3.05, 3.63) is 36.0 Å². The van der Waals surface area contributed by atoms with Gasteiger partial charge in [0.25, 0.3) is 0 Å². The van der Waals surface area contributed by atoms with Crippen LogP contribution in [0.1, 0.15) is 31.7 Å². The second-order valence-corrected chi connectivity index (χ2v) is 4.57. The van der Waals surface area contributed by atoms with E-state index in [0.29, 0.717) is 0 Å². The molecule has 0 bridgehead atoms. The number of fused-ring (bicyclic) bond motifs is 1. The van der Waals surface area contributed by atoms with Crippen LogP contribution in [0.25, 0.3) is 10.9 Å². The highest BCUT2D eigenvalue weighted by Gasteiger charge is 2.04. The number of hydrogen-bond donors (Lipinski definition) is 1. The minimum Gasteiger partial charge on any atom is -0.347 e. The molecule has 0 fully saturated rings. The predicted molar refractivity (Wildman–Crippen MR) is 74.2 cm³/mol. The zero-order chi connectivity index (χ0) is 12.1. The van der Waals surface area contributed by atoms with E-state index in [9.17, 15) is 0 Å². The molecule has 2 nitrogen and oxygen atoms in total. The van der Waals surface area contributed by atoms with Crippen LogP contribution in [0.3, 0.4) is 0 Å². The van der Waals surface area contributed by atoms with E-state index in [4.69, 9.17) is 5.73 Å². The number of unbranched alkanes of at least 4 members (excludes halogenated alkanes) is 2. The smallest absolute Gasteiger partial charge is 0.0512 e. The number of benzene rings is 1. The molecule has 0 aliphatic heterocycles. The van der Waals surface area contributed by atoms with Crippen molar-refractivity contribution in [3.8, 4) is 0 Å². The van der Waals surface area contributed by atoms with Gasteiger partial charge in [-0.25, -0.2) is 0 Å². The standard InChI is InChI=1S/C15H22N2/c1-2-13-7-6-8-14-9-12-17(15(13)14)11-5-3-4-10-16/h6-9,12H,2-5,10-11,16H2,1H3. The first-order valence-corrected chi connectivity index (χ1v) is 6.63. The molecule has 1 aromatic heterocycles. The summed E-state index contributed by atoms with van der Waals surface area (Å²) >= 11 is 0. The minimum atomic E-state index is 0.812. The molecular weight excluding hydrogens is 208 g/mol. The van der Waals surface area contributed by atoms with Gasteiger partial charge in [-0.1, -0.05) is 31.5 Å². The van der Waals surface area contributed by atoms with Gasteiger partial charge in [-0.2, -0.15) is 0 Å². The van der Waals surface area contributed by atoms with E-state index in [1.54, 1.807) is 0 Å². The fraction of sp³-hybridized carbons (Fsp3) is 0.467. The molecule has 1 aromatic carbocycles. The maximum absolute atomic E-state index is 5.52. The Bertz CT molecular complexity index is 471. The number of nitrogens with zero attached hydrogens (tertiary/aromatic N) is 1. The van der Waals surface area contributed by atoms with Crippen molar-refractivity contribution < 1.29 is 0 Å². The summed E-state index contributed by atoms with van der Waals surface area (Å²) in [4.78, 5) is 0. The topological polar surface area (TPSA) is 30.9 Å². The fourth-order valence-corrected chi connectivity index (χ4v) is 2.42. The van der Waals surface area contributed by atoms with Crippen LogP contribution in [0.2, 0.25) is 0 Å². The van der Waals surface area contributed by atoms with Gasteiger partial charge in [-0.05, 0) is 42.8 Å². The van der Waals surface area contributed by atoms with E-state index >= 15 is 0 Å². The zero-order valence-electron chi connectivity index (χ0n) is 10.7. The van der Waals surface area contributed by atoms with Crippen LogP contribution in [-0.4, -0.2) is 11.1 Å². The second kappa shape index (κ2) is 5.87. The monoisotopic (exact) mass is 230 g/mol. The number of aryl methyl sites for hydroxylation is 2. The molecule has 2 rings (SSSR count). The average Bonchev–Trinajstić information content (AvgIpc) is 2.78. The molecule has 0 spiro atoms. The highest BCUT2D eigenvalue weighted by Crippen LogP contribution is 2.21.